The lowest BCUT2D eigenvalue weighted by Gasteiger charge is -2.26. The Morgan fingerprint density at radius 3 is 2.59 bits per heavy atom. The van der Waals surface area contributed by atoms with Gasteiger partial charge in [0.2, 0.25) is 5.91 Å². The fraction of sp³-hybridized carbons (Fsp3) is 0.450. The van der Waals surface area contributed by atoms with Gasteiger partial charge >= 0.3 is 0 Å². The van der Waals surface area contributed by atoms with Gasteiger partial charge in [0.1, 0.15) is 16.8 Å². The summed E-state index contributed by atoms with van der Waals surface area (Å²) < 4.78 is 5.29. The Kier molecular flexibility index (Phi) is 5.55. The average molecular weight is 387 g/mol. The smallest absolute Gasteiger partial charge is 0.227 e. The molecule has 1 aromatic heterocycles. The van der Waals surface area contributed by atoms with Crippen molar-refractivity contribution in [3.63, 3.8) is 0 Å². The number of carbonyl (C=O) groups excluding carboxylic acids is 1. The molecule has 1 saturated carbocycles. The first-order chi connectivity index (χ1) is 13.2. The zero-order valence-electron chi connectivity index (χ0n) is 15.2. The second-order valence-corrected chi connectivity index (χ2v) is 7.44. The van der Waals surface area contributed by atoms with Gasteiger partial charge < -0.3 is 15.0 Å². The van der Waals surface area contributed by atoms with E-state index in [4.69, 9.17) is 16.3 Å². The van der Waals surface area contributed by atoms with Crippen LogP contribution in [0.2, 0.25) is 5.15 Å². The highest BCUT2D eigenvalue weighted by atomic mass is 35.5. The van der Waals surface area contributed by atoms with E-state index in [0.29, 0.717) is 49.6 Å². The molecule has 7 heteroatoms. The van der Waals surface area contributed by atoms with Crippen LogP contribution in [0.5, 0.6) is 0 Å². The Labute approximate surface area is 163 Å². The molecule has 1 aliphatic carbocycles. The minimum absolute atomic E-state index is 0.145. The topological polar surface area (TPSA) is 67.4 Å². The summed E-state index contributed by atoms with van der Waals surface area (Å²) in [5.41, 5.74) is 1.90. The Balaban J connectivity index is 1.39. The number of hydrogen-bond acceptors (Lipinski definition) is 5. The lowest BCUT2D eigenvalue weighted by molar-refractivity contribution is -0.134. The zero-order chi connectivity index (χ0) is 18.6. The first-order valence-electron chi connectivity index (χ1n) is 9.43. The molecule has 1 amide bonds. The summed E-state index contributed by atoms with van der Waals surface area (Å²) in [6.07, 6.45) is 3.90. The fourth-order valence-electron chi connectivity index (χ4n) is 3.30. The molecule has 142 valence electrons. The average Bonchev–Trinajstić information content (AvgIpc) is 2.62. The van der Waals surface area contributed by atoms with E-state index in [-0.39, 0.29) is 5.91 Å². The maximum atomic E-state index is 12.3. The summed E-state index contributed by atoms with van der Waals surface area (Å²) in [5, 5.41) is 3.74. The third-order valence-corrected chi connectivity index (χ3v) is 5.32. The fourth-order valence-corrected chi connectivity index (χ4v) is 3.49. The van der Waals surface area contributed by atoms with E-state index >= 15 is 0 Å². The summed E-state index contributed by atoms with van der Waals surface area (Å²) in [5.74, 6) is 2.10. The Morgan fingerprint density at radius 2 is 1.93 bits per heavy atom. The molecule has 0 unspecified atom stereocenters. The maximum absolute atomic E-state index is 12.3. The third-order valence-electron chi connectivity index (χ3n) is 5.13. The van der Waals surface area contributed by atoms with Gasteiger partial charge in [0.25, 0.3) is 0 Å². The standard InChI is InChI=1S/C20H23ClN4O2/c21-17-13-18(24-20(23-17)15-2-1-3-15)22-16-6-4-14(5-7-16)12-19(26)25-8-10-27-11-9-25/h4-7,13,15H,1-3,8-12H2,(H,22,23,24). The van der Waals surface area contributed by atoms with Gasteiger partial charge in [0.15, 0.2) is 0 Å². The van der Waals surface area contributed by atoms with Crippen LogP contribution in [0.4, 0.5) is 11.5 Å². The molecule has 2 aliphatic rings. The van der Waals surface area contributed by atoms with Crippen molar-refractivity contribution in [2.75, 3.05) is 31.6 Å². The van der Waals surface area contributed by atoms with Gasteiger partial charge in [0, 0.05) is 30.8 Å². The number of nitrogens with one attached hydrogen (secondary N) is 1. The number of nitrogens with zero attached hydrogens (tertiary/aromatic N) is 3. The molecule has 0 atom stereocenters. The largest absolute Gasteiger partial charge is 0.378 e. The minimum atomic E-state index is 0.145. The Bertz CT molecular complexity index is 802. The third kappa shape index (κ3) is 4.57. The van der Waals surface area contributed by atoms with Crippen molar-refractivity contribution in [1.82, 2.24) is 14.9 Å². The summed E-state index contributed by atoms with van der Waals surface area (Å²) in [4.78, 5) is 23.2. The van der Waals surface area contributed by atoms with Crippen molar-refractivity contribution in [2.45, 2.75) is 31.6 Å². The van der Waals surface area contributed by atoms with Gasteiger partial charge in [-0.2, -0.15) is 0 Å². The SMILES string of the molecule is O=C(Cc1ccc(Nc2cc(Cl)nc(C3CCC3)n2)cc1)N1CCOCC1. The highest BCUT2D eigenvalue weighted by Crippen LogP contribution is 2.35. The Morgan fingerprint density at radius 1 is 1.19 bits per heavy atom. The van der Waals surface area contributed by atoms with Crippen LogP contribution in [0.3, 0.4) is 0 Å². The predicted molar refractivity (Wildman–Crippen MR) is 104 cm³/mol. The van der Waals surface area contributed by atoms with E-state index in [9.17, 15) is 4.79 Å². The number of anilines is 2. The molecule has 0 radical (unpaired) electrons. The van der Waals surface area contributed by atoms with E-state index in [0.717, 1.165) is 29.9 Å². The Hall–Kier alpha value is -2.18. The van der Waals surface area contributed by atoms with E-state index in [1.54, 1.807) is 6.07 Å². The molecule has 2 aromatic rings. The van der Waals surface area contributed by atoms with Crippen LogP contribution in [0.15, 0.2) is 30.3 Å². The number of amides is 1. The van der Waals surface area contributed by atoms with Gasteiger partial charge in [-0.1, -0.05) is 30.2 Å². The summed E-state index contributed by atoms with van der Waals surface area (Å²) in [6.45, 7) is 2.60. The van der Waals surface area contributed by atoms with Crippen molar-refractivity contribution in [3.8, 4) is 0 Å². The second-order valence-electron chi connectivity index (χ2n) is 7.05. The van der Waals surface area contributed by atoms with Crippen LogP contribution < -0.4 is 5.32 Å². The number of hydrogen-bond donors (Lipinski definition) is 1. The second kappa shape index (κ2) is 8.23. The number of ether oxygens (including phenoxy) is 1. The number of morpholine rings is 1. The van der Waals surface area contributed by atoms with Crippen LogP contribution in [-0.2, 0) is 16.0 Å². The van der Waals surface area contributed by atoms with Crippen molar-refractivity contribution in [3.05, 3.63) is 46.9 Å². The molecule has 2 heterocycles. The molecule has 6 nitrogen and oxygen atoms in total. The quantitative estimate of drug-likeness (QED) is 0.796. The van der Waals surface area contributed by atoms with Crippen molar-refractivity contribution < 1.29 is 9.53 Å². The summed E-state index contributed by atoms with van der Waals surface area (Å²) >= 11 is 6.16. The van der Waals surface area contributed by atoms with Crippen LogP contribution in [0.1, 0.15) is 36.6 Å². The monoisotopic (exact) mass is 386 g/mol. The lowest BCUT2D eigenvalue weighted by atomic mass is 9.85. The van der Waals surface area contributed by atoms with E-state index in [1.807, 2.05) is 29.2 Å². The molecule has 1 aliphatic heterocycles. The summed E-state index contributed by atoms with van der Waals surface area (Å²) in [7, 11) is 0. The molecule has 0 bridgehead atoms. The van der Waals surface area contributed by atoms with Gasteiger partial charge in [-0.05, 0) is 30.5 Å². The van der Waals surface area contributed by atoms with Crippen LogP contribution >= 0.6 is 11.6 Å². The molecule has 1 N–H and O–H groups in total. The first-order valence-corrected chi connectivity index (χ1v) is 9.81. The first kappa shape index (κ1) is 18.2. The van der Waals surface area contributed by atoms with Gasteiger partial charge in [0.05, 0.1) is 19.6 Å². The van der Waals surface area contributed by atoms with Crippen molar-refractivity contribution in [1.29, 1.82) is 0 Å². The van der Waals surface area contributed by atoms with E-state index < -0.39 is 0 Å². The van der Waals surface area contributed by atoms with Gasteiger partial charge in [-0.15, -0.1) is 0 Å². The molecule has 0 spiro atoms. The lowest BCUT2D eigenvalue weighted by Crippen LogP contribution is -2.41. The molecular weight excluding hydrogens is 364 g/mol. The number of aromatic nitrogens is 2. The minimum Gasteiger partial charge on any atom is -0.378 e. The number of rotatable bonds is 5. The molecule has 2 fully saturated rings. The van der Waals surface area contributed by atoms with Crippen LogP contribution in [-0.4, -0.2) is 47.1 Å². The normalized spacial score (nSPS) is 17.4. The molecule has 4 rings (SSSR count). The molecule has 1 aromatic carbocycles. The molecular formula is C20H23ClN4O2. The van der Waals surface area contributed by atoms with E-state index in [1.165, 1.54) is 6.42 Å². The number of halogens is 1. The van der Waals surface area contributed by atoms with Gasteiger partial charge in [-0.3, -0.25) is 4.79 Å². The van der Waals surface area contributed by atoms with Crippen LogP contribution in [0.25, 0.3) is 0 Å². The summed E-state index contributed by atoms with van der Waals surface area (Å²) in [6, 6.07) is 9.59. The van der Waals surface area contributed by atoms with Crippen molar-refractivity contribution >= 4 is 29.0 Å². The van der Waals surface area contributed by atoms with Crippen LogP contribution in [0, 0.1) is 0 Å². The molecule has 1 saturated heterocycles. The molecule has 27 heavy (non-hydrogen) atoms. The maximum Gasteiger partial charge on any atom is 0.227 e. The highest BCUT2D eigenvalue weighted by Gasteiger charge is 2.23. The van der Waals surface area contributed by atoms with Gasteiger partial charge in [-0.25, -0.2) is 9.97 Å². The number of benzene rings is 1. The number of carbonyl (C=O) groups is 1. The van der Waals surface area contributed by atoms with Crippen molar-refractivity contribution in [2.24, 2.45) is 0 Å². The highest BCUT2D eigenvalue weighted by molar-refractivity contribution is 6.29. The zero-order valence-corrected chi connectivity index (χ0v) is 15.9. The predicted octanol–water partition coefficient (Wildman–Crippen LogP) is 3.54. The van der Waals surface area contributed by atoms with E-state index in [2.05, 4.69) is 15.3 Å².